The molecule has 0 spiro atoms. The first-order valence-electron chi connectivity index (χ1n) is 6.57. The van der Waals surface area contributed by atoms with Crippen LogP contribution in [0.3, 0.4) is 0 Å². The molecule has 1 aliphatic carbocycles. The van der Waals surface area contributed by atoms with Crippen LogP contribution >= 0.6 is 0 Å². The zero-order valence-electron chi connectivity index (χ0n) is 10.1. The molecule has 0 saturated heterocycles. The summed E-state index contributed by atoms with van der Waals surface area (Å²) >= 11 is 0. The third-order valence-corrected chi connectivity index (χ3v) is 3.87. The molecule has 0 bridgehead atoms. The third-order valence-electron chi connectivity index (χ3n) is 3.87. The van der Waals surface area contributed by atoms with Crippen molar-refractivity contribution in [3.63, 3.8) is 0 Å². The minimum absolute atomic E-state index is 0.0606. The summed E-state index contributed by atoms with van der Waals surface area (Å²) in [5.41, 5.74) is 7.19. The van der Waals surface area contributed by atoms with E-state index in [9.17, 15) is 0 Å². The maximum absolute atomic E-state index is 6.24. The van der Waals surface area contributed by atoms with Crippen LogP contribution in [0.25, 0.3) is 11.0 Å². The lowest BCUT2D eigenvalue weighted by atomic mass is 9.97. The van der Waals surface area contributed by atoms with Crippen LogP contribution in [0.4, 0.5) is 0 Å². The van der Waals surface area contributed by atoms with Gasteiger partial charge in [-0.05, 0) is 24.5 Å². The van der Waals surface area contributed by atoms with E-state index in [1.165, 1.54) is 25.7 Å². The number of nitrogens with two attached hydrogens (primary N) is 1. The van der Waals surface area contributed by atoms with Crippen molar-refractivity contribution in [3.8, 4) is 0 Å². The highest BCUT2D eigenvalue weighted by molar-refractivity contribution is 5.77. The lowest BCUT2D eigenvalue weighted by molar-refractivity contribution is 0.401. The summed E-state index contributed by atoms with van der Waals surface area (Å²) in [6, 6.07) is 10.3. The summed E-state index contributed by atoms with van der Waals surface area (Å²) in [4.78, 5) is 0. The van der Waals surface area contributed by atoms with Gasteiger partial charge in [0, 0.05) is 5.39 Å². The van der Waals surface area contributed by atoms with Crippen molar-refractivity contribution in [2.24, 2.45) is 11.7 Å². The Kier molecular flexibility index (Phi) is 2.89. The largest absolute Gasteiger partial charge is 0.459 e. The molecule has 0 amide bonds. The molecular formula is C15H19NO. The number of hydrogen-bond acceptors (Lipinski definition) is 2. The van der Waals surface area contributed by atoms with Crippen LogP contribution in [0.1, 0.15) is 43.9 Å². The second-order valence-corrected chi connectivity index (χ2v) is 5.18. The van der Waals surface area contributed by atoms with Crippen LogP contribution < -0.4 is 5.73 Å². The fourth-order valence-electron chi connectivity index (χ4n) is 2.91. The quantitative estimate of drug-likeness (QED) is 0.863. The van der Waals surface area contributed by atoms with Gasteiger partial charge in [0.05, 0.1) is 6.04 Å². The molecule has 0 radical (unpaired) electrons. The maximum Gasteiger partial charge on any atom is 0.134 e. The lowest BCUT2D eigenvalue weighted by Gasteiger charge is -2.13. The third kappa shape index (κ3) is 2.22. The SMILES string of the molecule is NC(CC1CCCC1)c1cc2ccccc2o1. The summed E-state index contributed by atoms with van der Waals surface area (Å²) < 4.78 is 5.82. The number of fused-ring (bicyclic) bond motifs is 1. The Morgan fingerprint density at radius 2 is 2.00 bits per heavy atom. The molecule has 1 aromatic carbocycles. The van der Waals surface area contributed by atoms with Crippen LogP contribution in [-0.4, -0.2) is 0 Å². The Balaban J connectivity index is 1.77. The van der Waals surface area contributed by atoms with Crippen molar-refractivity contribution in [1.29, 1.82) is 0 Å². The molecular weight excluding hydrogens is 210 g/mol. The van der Waals surface area contributed by atoms with Gasteiger partial charge in [0.25, 0.3) is 0 Å². The van der Waals surface area contributed by atoms with Gasteiger partial charge in [-0.25, -0.2) is 0 Å². The van der Waals surface area contributed by atoms with E-state index >= 15 is 0 Å². The van der Waals surface area contributed by atoms with Crippen molar-refractivity contribution in [1.82, 2.24) is 0 Å². The molecule has 2 heteroatoms. The Morgan fingerprint density at radius 3 is 2.76 bits per heavy atom. The molecule has 2 N–H and O–H groups in total. The molecule has 1 fully saturated rings. The molecule has 2 aromatic rings. The number of rotatable bonds is 3. The molecule has 1 aliphatic rings. The van der Waals surface area contributed by atoms with Gasteiger partial charge in [0.15, 0.2) is 0 Å². The molecule has 1 unspecified atom stereocenters. The second-order valence-electron chi connectivity index (χ2n) is 5.18. The van der Waals surface area contributed by atoms with Crippen LogP contribution in [0, 0.1) is 5.92 Å². The number of hydrogen-bond donors (Lipinski definition) is 1. The van der Waals surface area contributed by atoms with Crippen molar-refractivity contribution in [3.05, 3.63) is 36.1 Å². The smallest absolute Gasteiger partial charge is 0.134 e. The predicted octanol–water partition coefficient (Wildman–Crippen LogP) is 4.01. The Morgan fingerprint density at radius 1 is 1.24 bits per heavy atom. The summed E-state index contributed by atoms with van der Waals surface area (Å²) in [6.45, 7) is 0. The lowest BCUT2D eigenvalue weighted by Crippen LogP contribution is -2.13. The first-order chi connectivity index (χ1) is 8.33. The highest BCUT2D eigenvalue weighted by Crippen LogP contribution is 2.33. The van der Waals surface area contributed by atoms with Crippen LogP contribution in [0.15, 0.2) is 34.7 Å². The highest BCUT2D eigenvalue weighted by atomic mass is 16.3. The van der Waals surface area contributed by atoms with Crippen molar-refractivity contribution in [2.45, 2.75) is 38.1 Å². The summed E-state index contributed by atoms with van der Waals surface area (Å²) in [7, 11) is 0. The minimum atomic E-state index is 0.0606. The molecule has 1 saturated carbocycles. The van der Waals surface area contributed by atoms with E-state index in [1.54, 1.807) is 0 Å². The zero-order chi connectivity index (χ0) is 11.7. The topological polar surface area (TPSA) is 39.2 Å². The Bertz CT molecular complexity index is 463. The summed E-state index contributed by atoms with van der Waals surface area (Å²) in [5.74, 6) is 1.75. The normalized spacial score (nSPS) is 18.9. The number of para-hydroxylation sites is 1. The number of furan rings is 1. The first kappa shape index (κ1) is 10.8. The van der Waals surface area contributed by atoms with Gasteiger partial charge in [-0.2, -0.15) is 0 Å². The van der Waals surface area contributed by atoms with Gasteiger partial charge in [0.2, 0.25) is 0 Å². The van der Waals surface area contributed by atoms with Gasteiger partial charge >= 0.3 is 0 Å². The monoisotopic (exact) mass is 229 g/mol. The van der Waals surface area contributed by atoms with E-state index in [-0.39, 0.29) is 6.04 Å². The minimum Gasteiger partial charge on any atom is -0.459 e. The van der Waals surface area contributed by atoms with E-state index in [0.29, 0.717) is 0 Å². The molecule has 3 rings (SSSR count). The molecule has 0 aliphatic heterocycles. The Labute approximate surface area is 102 Å². The van der Waals surface area contributed by atoms with Gasteiger partial charge in [-0.1, -0.05) is 43.9 Å². The van der Waals surface area contributed by atoms with Crippen LogP contribution in [0.2, 0.25) is 0 Å². The summed E-state index contributed by atoms with van der Waals surface area (Å²) in [6.07, 6.45) is 6.50. The average molecular weight is 229 g/mol. The van der Waals surface area contributed by atoms with Crippen LogP contribution in [0.5, 0.6) is 0 Å². The first-order valence-corrected chi connectivity index (χ1v) is 6.57. The predicted molar refractivity (Wildman–Crippen MR) is 69.7 cm³/mol. The molecule has 17 heavy (non-hydrogen) atoms. The number of benzene rings is 1. The Hall–Kier alpha value is -1.28. The van der Waals surface area contributed by atoms with Gasteiger partial charge in [-0.3, -0.25) is 0 Å². The van der Waals surface area contributed by atoms with E-state index in [1.807, 2.05) is 18.2 Å². The van der Waals surface area contributed by atoms with Gasteiger partial charge in [0.1, 0.15) is 11.3 Å². The standard InChI is InChI=1S/C15H19NO/c16-13(9-11-5-1-2-6-11)15-10-12-7-3-4-8-14(12)17-15/h3-4,7-8,10-11,13H,1-2,5-6,9,16H2. The fraction of sp³-hybridized carbons (Fsp3) is 0.467. The zero-order valence-corrected chi connectivity index (χ0v) is 10.1. The molecule has 1 heterocycles. The van der Waals surface area contributed by atoms with E-state index < -0.39 is 0 Å². The molecule has 2 nitrogen and oxygen atoms in total. The molecule has 90 valence electrons. The van der Waals surface area contributed by atoms with Gasteiger partial charge in [-0.15, -0.1) is 0 Å². The van der Waals surface area contributed by atoms with E-state index in [4.69, 9.17) is 10.2 Å². The van der Waals surface area contributed by atoms with Crippen molar-refractivity contribution >= 4 is 11.0 Å². The highest BCUT2D eigenvalue weighted by Gasteiger charge is 2.20. The van der Waals surface area contributed by atoms with E-state index in [2.05, 4.69) is 12.1 Å². The second kappa shape index (κ2) is 4.53. The van der Waals surface area contributed by atoms with Gasteiger partial charge < -0.3 is 10.2 Å². The molecule has 1 atom stereocenters. The summed E-state index contributed by atoms with van der Waals surface area (Å²) in [5, 5.41) is 1.16. The maximum atomic E-state index is 6.24. The van der Waals surface area contributed by atoms with E-state index in [0.717, 1.165) is 29.1 Å². The fourth-order valence-corrected chi connectivity index (χ4v) is 2.91. The van der Waals surface area contributed by atoms with Crippen molar-refractivity contribution < 1.29 is 4.42 Å². The molecule has 1 aromatic heterocycles. The average Bonchev–Trinajstić information content (AvgIpc) is 2.96. The van der Waals surface area contributed by atoms with Crippen LogP contribution in [-0.2, 0) is 0 Å². The van der Waals surface area contributed by atoms with Crippen molar-refractivity contribution in [2.75, 3.05) is 0 Å².